The van der Waals surface area contributed by atoms with E-state index in [1.165, 1.54) is 21.9 Å². The van der Waals surface area contributed by atoms with Gasteiger partial charge in [0.25, 0.3) is 0 Å². The molecule has 61 heavy (non-hydrogen) atoms. The smallest absolute Gasteiger partial charge is 0.145 e. The Labute approximate surface area is 353 Å². The van der Waals surface area contributed by atoms with E-state index in [-0.39, 0.29) is 0 Å². The molecule has 0 bridgehead atoms. The molecule has 12 aromatic rings. The molecule has 0 aliphatic heterocycles. The number of anilines is 3. The summed E-state index contributed by atoms with van der Waals surface area (Å²) in [5.41, 5.74) is 15.6. The summed E-state index contributed by atoms with van der Waals surface area (Å²) in [5.74, 6) is 0. The molecule has 0 saturated heterocycles. The first-order chi connectivity index (χ1) is 30.2. The highest BCUT2D eigenvalue weighted by Crippen LogP contribution is 2.49. The molecular formula is C58H37NO2. The lowest BCUT2D eigenvalue weighted by molar-refractivity contribution is 0.669. The van der Waals surface area contributed by atoms with Crippen molar-refractivity contribution in [1.29, 1.82) is 0 Å². The molecule has 0 radical (unpaired) electrons. The summed E-state index contributed by atoms with van der Waals surface area (Å²) in [7, 11) is 0. The van der Waals surface area contributed by atoms with Gasteiger partial charge in [0.1, 0.15) is 22.3 Å². The summed E-state index contributed by atoms with van der Waals surface area (Å²) in [6, 6.07) is 79.8. The Morgan fingerprint density at radius 2 is 0.852 bits per heavy atom. The fraction of sp³-hybridized carbons (Fsp3) is 0. The number of benzene rings is 10. The summed E-state index contributed by atoms with van der Waals surface area (Å²) in [4.78, 5) is 2.38. The van der Waals surface area contributed by atoms with Gasteiger partial charge in [0.2, 0.25) is 0 Å². The van der Waals surface area contributed by atoms with Gasteiger partial charge in [-0.1, -0.05) is 164 Å². The van der Waals surface area contributed by atoms with Crippen molar-refractivity contribution in [3.8, 4) is 44.5 Å². The molecule has 0 atom stereocenters. The first-order valence-electron chi connectivity index (χ1n) is 20.7. The highest BCUT2D eigenvalue weighted by atomic mass is 16.3. The highest BCUT2D eigenvalue weighted by molar-refractivity contribution is 6.20. The van der Waals surface area contributed by atoms with Crippen molar-refractivity contribution >= 4 is 71.7 Å². The van der Waals surface area contributed by atoms with Gasteiger partial charge in [0, 0.05) is 22.0 Å². The minimum Gasteiger partial charge on any atom is -0.456 e. The van der Waals surface area contributed by atoms with Crippen LogP contribution in [0.5, 0.6) is 0 Å². The monoisotopic (exact) mass is 779 g/mol. The predicted molar refractivity (Wildman–Crippen MR) is 255 cm³/mol. The van der Waals surface area contributed by atoms with E-state index in [4.69, 9.17) is 8.83 Å². The van der Waals surface area contributed by atoms with Crippen LogP contribution in [0.1, 0.15) is 0 Å². The molecular weight excluding hydrogens is 743 g/mol. The fourth-order valence-corrected chi connectivity index (χ4v) is 9.08. The first-order valence-corrected chi connectivity index (χ1v) is 20.7. The third-order valence-corrected chi connectivity index (χ3v) is 12.1. The van der Waals surface area contributed by atoms with Crippen molar-refractivity contribution in [2.24, 2.45) is 0 Å². The molecule has 0 saturated carbocycles. The van der Waals surface area contributed by atoms with Crippen LogP contribution in [0.15, 0.2) is 233 Å². The fourth-order valence-electron chi connectivity index (χ4n) is 9.08. The van der Waals surface area contributed by atoms with Crippen molar-refractivity contribution in [1.82, 2.24) is 0 Å². The summed E-state index contributed by atoms with van der Waals surface area (Å²) in [6.07, 6.45) is 0. The lowest BCUT2D eigenvalue weighted by Crippen LogP contribution is -2.11. The Kier molecular flexibility index (Phi) is 8.17. The van der Waals surface area contributed by atoms with Gasteiger partial charge in [-0.25, -0.2) is 0 Å². The Bertz CT molecular complexity index is 3560. The van der Waals surface area contributed by atoms with E-state index >= 15 is 0 Å². The second kappa shape index (κ2) is 14.3. The standard InChI is InChI=1S/C58H37NO2/c1-3-12-38(13-4-1)46-30-33-50-55(37-46)60-54-21-11-19-51(56(50)54)59(52-35-34-48(43-15-5-2-6-16-43)58-57(52)49-18-9-10-20-53(49)61-58)47-31-28-41(29-32-47)40-22-24-42(25-23-40)45-27-26-39-14-7-8-17-44(39)36-45/h1-37H. The predicted octanol–water partition coefficient (Wildman–Crippen LogP) is 16.8. The van der Waals surface area contributed by atoms with E-state index in [2.05, 4.69) is 217 Å². The molecule has 10 aromatic carbocycles. The highest BCUT2D eigenvalue weighted by Gasteiger charge is 2.25. The van der Waals surface area contributed by atoms with Gasteiger partial charge >= 0.3 is 0 Å². The maximum atomic E-state index is 6.79. The summed E-state index contributed by atoms with van der Waals surface area (Å²) < 4.78 is 13.5. The third-order valence-electron chi connectivity index (χ3n) is 12.1. The number of hydrogen-bond donors (Lipinski definition) is 0. The van der Waals surface area contributed by atoms with Crippen molar-refractivity contribution in [3.63, 3.8) is 0 Å². The van der Waals surface area contributed by atoms with Gasteiger partial charge in [-0.3, -0.25) is 0 Å². The van der Waals surface area contributed by atoms with E-state index in [0.717, 1.165) is 94.3 Å². The Morgan fingerprint density at radius 3 is 1.64 bits per heavy atom. The number of rotatable bonds is 7. The van der Waals surface area contributed by atoms with Crippen molar-refractivity contribution in [3.05, 3.63) is 224 Å². The molecule has 0 amide bonds. The van der Waals surface area contributed by atoms with Crippen LogP contribution in [0, 0.1) is 0 Å². The van der Waals surface area contributed by atoms with Gasteiger partial charge in [0.05, 0.1) is 22.1 Å². The van der Waals surface area contributed by atoms with E-state index in [1.54, 1.807) is 0 Å². The number of nitrogens with zero attached hydrogens (tertiary/aromatic N) is 1. The number of fused-ring (bicyclic) bond motifs is 7. The first kappa shape index (κ1) is 34.9. The average molecular weight is 780 g/mol. The van der Waals surface area contributed by atoms with Gasteiger partial charge < -0.3 is 13.7 Å². The van der Waals surface area contributed by atoms with E-state index in [1.807, 2.05) is 12.1 Å². The SMILES string of the molecule is c1ccc(-c2ccc3c(c2)oc2cccc(N(c4ccc(-c5ccc(-c6ccc7ccccc7c6)cc5)cc4)c4ccc(-c5ccccc5)c5oc6ccccc6c45)c23)cc1. The van der Waals surface area contributed by atoms with Gasteiger partial charge in [-0.05, 0) is 110 Å². The van der Waals surface area contributed by atoms with Crippen molar-refractivity contribution in [2.75, 3.05) is 4.90 Å². The molecule has 0 aliphatic carbocycles. The van der Waals surface area contributed by atoms with Crippen LogP contribution in [0.25, 0.3) is 99.2 Å². The van der Waals surface area contributed by atoms with Gasteiger partial charge in [-0.15, -0.1) is 0 Å². The van der Waals surface area contributed by atoms with Crippen LogP contribution in [0.3, 0.4) is 0 Å². The lowest BCUT2D eigenvalue weighted by Gasteiger charge is -2.27. The summed E-state index contributed by atoms with van der Waals surface area (Å²) >= 11 is 0. The molecule has 0 spiro atoms. The zero-order chi connectivity index (χ0) is 40.3. The molecule has 3 heteroatoms. The van der Waals surface area contributed by atoms with Crippen LogP contribution in [0.4, 0.5) is 17.1 Å². The van der Waals surface area contributed by atoms with Crippen LogP contribution < -0.4 is 4.90 Å². The van der Waals surface area contributed by atoms with Gasteiger partial charge in [0.15, 0.2) is 0 Å². The Morgan fingerprint density at radius 1 is 0.295 bits per heavy atom. The van der Waals surface area contributed by atoms with Crippen molar-refractivity contribution < 1.29 is 8.83 Å². The minimum absolute atomic E-state index is 0.833. The second-order valence-electron chi connectivity index (χ2n) is 15.7. The van der Waals surface area contributed by atoms with Crippen LogP contribution in [0.2, 0.25) is 0 Å². The van der Waals surface area contributed by atoms with E-state index in [9.17, 15) is 0 Å². The molecule has 0 N–H and O–H groups in total. The number of furan rings is 2. The lowest BCUT2D eigenvalue weighted by atomic mass is 9.97. The zero-order valence-electron chi connectivity index (χ0n) is 33.1. The molecule has 0 aliphatic rings. The molecule has 2 heterocycles. The van der Waals surface area contributed by atoms with Crippen molar-refractivity contribution in [2.45, 2.75) is 0 Å². The number of para-hydroxylation sites is 1. The second-order valence-corrected chi connectivity index (χ2v) is 15.7. The van der Waals surface area contributed by atoms with Crippen LogP contribution in [-0.2, 0) is 0 Å². The summed E-state index contributed by atoms with van der Waals surface area (Å²) in [5, 5.41) is 6.73. The topological polar surface area (TPSA) is 29.5 Å². The molecule has 2 aromatic heterocycles. The number of hydrogen-bond acceptors (Lipinski definition) is 3. The largest absolute Gasteiger partial charge is 0.456 e. The molecule has 0 fully saturated rings. The zero-order valence-corrected chi connectivity index (χ0v) is 33.1. The molecule has 286 valence electrons. The third kappa shape index (κ3) is 5.98. The Balaban J connectivity index is 1.03. The maximum absolute atomic E-state index is 6.79. The van der Waals surface area contributed by atoms with Crippen LogP contribution in [-0.4, -0.2) is 0 Å². The normalized spacial score (nSPS) is 11.6. The van der Waals surface area contributed by atoms with Gasteiger partial charge in [-0.2, -0.15) is 0 Å². The van der Waals surface area contributed by atoms with Crippen LogP contribution >= 0.6 is 0 Å². The maximum Gasteiger partial charge on any atom is 0.145 e. The van der Waals surface area contributed by atoms with E-state index < -0.39 is 0 Å². The molecule has 3 nitrogen and oxygen atoms in total. The molecule has 0 unspecified atom stereocenters. The summed E-state index contributed by atoms with van der Waals surface area (Å²) in [6.45, 7) is 0. The average Bonchev–Trinajstić information content (AvgIpc) is 3.92. The quantitative estimate of drug-likeness (QED) is 0.161. The molecule has 12 rings (SSSR count). The minimum atomic E-state index is 0.833. The van der Waals surface area contributed by atoms with E-state index in [0.29, 0.717) is 0 Å². The Hall–Kier alpha value is -8.14.